The van der Waals surface area contributed by atoms with Crippen LogP contribution in [0.25, 0.3) is 0 Å². The number of nitrogens with one attached hydrogen (secondary N) is 2. The lowest BCUT2D eigenvalue weighted by molar-refractivity contribution is 0.0730. The first-order valence-corrected chi connectivity index (χ1v) is 11.8. The standard InChI is InChI=1S/C22H29N3O5S/c1-2-12-30-20-5-3-4-19(15-20)17-24-22(26)23-16-18-6-8-21(9-7-18)31(27,28)25-10-13-29-14-11-25/h3-9,15H,2,10-14,16-17H2,1H3,(H2,23,24,26). The molecule has 1 heterocycles. The predicted molar refractivity (Wildman–Crippen MR) is 117 cm³/mol. The number of hydrogen-bond donors (Lipinski definition) is 2. The maximum absolute atomic E-state index is 12.6. The van der Waals surface area contributed by atoms with Gasteiger partial charge in [-0.2, -0.15) is 4.31 Å². The van der Waals surface area contributed by atoms with Gasteiger partial charge in [0.25, 0.3) is 0 Å². The summed E-state index contributed by atoms with van der Waals surface area (Å²) in [7, 11) is -3.52. The summed E-state index contributed by atoms with van der Waals surface area (Å²) in [4.78, 5) is 12.4. The number of urea groups is 1. The molecule has 0 aromatic heterocycles. The van der Waals surface area contributed by atoms with Crippen molar-refractivity contribution in [1.82, 2.24) is 14.9 Å². The van der Waals surface area contributed by atoms with Gasteiger partial charge in [0.1, 0.15) is 5.75 Å². The fourth-order valence-corrected chi connectivity index (χ4v) is 4.52. The van der Waals surface area contributed by atoms with Crippen LogP contribution in [-0.4, -0.2) is 51.7 Å². The molecule has 3 rings (SSSR count). The van der Waals surface area contributed by atoms with Gasteiger partial charge < -0.3 is 20.1 Å². The van der Waals surface area contributed by atoms with Crippen LogP contribution in [0.4, 0.5) is 4.79 Å². The average Bonchev–Trinajstić information content (AvgIpc) is 2.81. The predicted octanol–water partition coefficient (Wildman–Crippen LogP) is 2.50. The van der Waals surface area contributed by atoms with Crippen molar-refractivity contribution in [2.45, 2.75) is 31.3 Å². The Hall–Kier alpha value is -2.62. The quantitative estimate of drug-likeness (QED) is 0.616. The van der Waals surface area contributed by atoms with E-state index < -0.39 is 10.0 Å². The smallest absolute Gasteiger partial charge is 0.315 e. The van der Waals surface area contributed by atoms with E-state index in [0.717, 1.165) is 23.3 Å². The second-order valence-corrected chi connectivity index (χ2v) is 9.13. The second-order valence-electron chi connectivity index (χ2n) is 7.19. The Morgan fingerprint density at radius 3 is 2.39 bits per heavy atom. The number of sulfonamides is 1. The van der Waals surface area contributed by atoms with E-state index in [1.54, 1.807) is 24.3 Å². The summed E-state index contributed by atoms with van der Waals surface area (Å²) < 4.78 is 37.5. The topological polar surface area (TPSA) is 97.0 Å². The van der Waals surface area contributed by atoms with Crippen LogP contribution < -0.4 is 15.4 Å². The Morgan fingerprint density at radius 2 is 1.71 bits per heavy atom. The van der Waals surface area contributed by atoms with Gasteiger partial charge in [-0.25, -0.2) is 13.2 Å². The zero-order valence-electron chi connectivity index (χ0n) is 17.7. The number of carbonyl (C=O) groups excluding carboxylic acids is 1. The lowest BCUT2D eigenvalue weighted by Gasteiger charge is -2.26. The summed E-state index contributed by atoms with van der Waals surface area (Å²) in [5.41, 5.74) is 1.76. The van der Waals surface area contributed by atoms with Crippen LogP contribution in [0.3, 0.4) is 0 Å². The van der Waals surface area contributed by atoms with Crippen LogP contribution in [0.15, 0.2) is 53.4 Å². The molecule has 1 saturated heterocycles. The molecule has 2 amide bonds. The number of amides is 2. The Balaban J connectivity index is 1.47. The molecule has 0 spiro atoms. The van der Waals surface area contributed by atoms with Crippen molar-refractivity contribution in [1.29, 1.82) is 0 Å². The maximum atomic E-state index is 12.6. The molecule has 0 radical (unpaired) electrons. The van der Waals surface area contributed by atoms with Crippen LogP contribution in [0.5, 0.6) is 5.75 Å². The van der Waals surface area contributed by atoms with Crippen molar-refractivity contribution in [2.75, 3.05) is 32.9 Å². The van der Waals surface area contributed by atoms with Gasteiger partial charge in [-0.15, -0.1) is 0 Å². The minimum atomic E-state index is -3.52. The minimum absolute atomic E-state index is 0.243. The molecule has 8 nitrogen and oxygen atoms in total. The molecule has 0 unspecified atom stereocenters. The van der Waals surface area contributed by atoms with Gasteiger partial charge in [-0.3, -0.25) is 0 Å². The van der Waals surface area contributed by atoms with Crippen LogP contribution in [0.1, 0.15) is 24.5 Å². The maximum Gasteiger partial charge on any atom is 0.315 e. The molecule has 2 aromatic rings. The van der Waals surface area contributed by atoms with Crippen molar-refractivity contribution < 1.29 is 22.7 Å². The summed E-state index contributed by atoms with van der Waals surface area (Å²) in [6.07, 6.45) is 0.936. The summed E-state index contributed by atoms with van der Waals surface area (Å²) in [6.45, 7) is 4.92. The van der Waals surface area contributed by atoms with E-state index in [-0.39, 0.29) is 10.9 Å². The molecular formula is C22H29N3O5S. The second kappa shape index (κ2) is 11.1. The molecule has 9 heteroatoms. The highest BCUT2D eigenvalue weighted by Crippen LogP contribution is 2.18. The molecule has 168 valence electrons. The Labute approximate surface area is 183 Å². The van der Waals surface area contributed by atoms with E-state index in [1.807, 2.05) is 31.2 Å². The van der Waals surface area contributed by atoms with E-state index in [0.29, 0.717) is 46.0 Å². The molecule has 0 bridgehead atoms. The number of ether oxygens (including phenoxy) is 2. The van der Waals surface area contributed by atoms with Crippen LogP contribution in [0, 0.1) is 0 Å². The Kier molecular flexibility index (Phi) is 8.27. The summed E-state index contributed by atoms with van der Waals surface area (Å²) in [6, 6.07) is 13.9. The van der Waals surface area contributed by atoms with E-state index in [4.69, 9.17) is 9.47 Å². The zero-order chi connectivity index (χ0) is 22.1. The Morgan fingerprint density at radius 1 is 1.03 bits per heavy atom. The van der Waals surface area contributed by atoms with Gasteiger partial charge >= 0.3 is 6.03 Å². The van der Waals surface area contributed by atoms with Gasteiger partial charge in [-0.05, 0) is 41.8 Å². The highest BCUT2D eigenvalue weighted by molar-refractivity contribution is 7.89. The lowest BCUT2D eigenvalue weighted by Crippen LogP contribution is -2.40. The highest BCUT2D eigenvalue weighted by Gasteiger charge is 2.26. The number of morpholine rings is 1. The third-order valence-corrected chi connectivity index (χ3v) is 6.72. The summed E-state index contributed by atoms with van der Waals surface area (Å²) in [5, 5.41) is 5.59. The third-order valence-electron chi connectivity index (χ3n) is 4.81. The summed E-state index contributed by atoms with van der Waals surface area (Å²) in [5.74, 6) is 0.786. The van der Waals surface area contributed by atoms with Crippen molar-refractivity contribution in [2.24, 2.45) is 0 Å². The van der Waals surface area contributed by atoms with E-state index in [2.05, 4.69) is 10.6 Å². The fraction of sp³-hybridized carbons (Fsp3) is 0.409. The molecule has 1 fully saturated rings. The number of carbonyl (C=O) groups is 1. The van der Waals surface area contributed by atoms with Gasteiger partial charge in [0, 0.05) is 26.2 Å². The van der Waals surface area contributed by atoms with E-state index in [1.165, 1.54) is 4.31 Å². The molecule has 0 atom stereocenters. The molecule has 2 N–H and O–H groups in total. The van der Waals surface area contributed by atoms with Gasteiger partial charge in [0.15, 0.2) is 0 Å². The first-order chi connectivity index (χ1) is 15.0. The third kappa shape index (κ3) is 6.68. The molecule has 0 saturated carbocycles. The van der Waals surface area contributed by atoms with Crippen LogP contribution in [0.2, 0.25) is 0 Å². The van der Waals surface area contributed by atoms with Crippen molar-refractivity contribution in [3.8, 4) is 5.75 Å². The SMILES string of the molecule is CCCOc1cccc(CNC(=O)NCc2ccc(S(=O)(=O)N3CCOCC3)cc2)c1. The number of hydrogen-bond acceptors (Lipinski definition) is 5. The van der Waals surface area contributed by atoms with Gasteiger partial charge in [0.2, 0.25) is 10.0 Å². The molecule has 1 aliphatic heterocycles. The van der Waals surface area contributed by atoms with E-state index in [9.17, 15) is 13.2 Å². The summed E-state index contributed by atoms with van der Waals surface area (Å²) >= 11 is 0. The van der Waals surface area contributed by atoms with Crippen molar-refractivity contribution >= 4 is 16.1 Å². The minimum Gasteiger partial charge on any atom is -0.494 e. The number of benzene rings is 2. The van der Waals surface area contributed by atoms with Gasteiger partial charge in [0.05, 0.1) is 24.7 Å². The zero-order valence-corrected chi connectivity index (χ0v) is 18.5. The first-order valence-electron chi connectivity index (χ1n) is 10.4. The average molecular weight is 448 g/mol. The van der Waals surface area contributed by atoms with Crippen molar-refractivity contribution in [3.63, 3.8) is 0 Å². The van der Waals surface area contributed by atoms with Crippen LogP contribution >= 0.6 is 0 Å². The number of nitrogens with zero attached hydrogens (tertiary/aromatic N) is 1. The van der Waals surface area contributed by atoms with Gasteiger partial charge in [-0.1, -0.05) is 31.2 Å². The van der Waals surface area contributed by atoms with E-state index >= 15 is 0 Å². The normalized spacial score (nSPS) is 14.7. The largest absolute Gasteiger partial charge is 0.494 e. The Bertz CT molecular complexity index is 957. The van der Waals surface area contributed by atoms with Crippen molar-refractivity contribution in [3.05, 3.63) is 59.7 Å². The molecule has 1 aliphatic rings. The lowest BCUT2D eigenvalue weighted by atomic mass is 10.2. The number of rotatable bonds is 9. The molecule has 31 heavy (non-hydrogen) atoms. The molecule has 2 aromatic carbocycles. The molecule has 0 aliphatic carbocycles. The first kappa shape index (κ1) is 23.1. The molecular weight excluding hydrogens is 418 g/mol. The monoisotopic (exact) mass is 447 g/mol. The highest BCUT2D eigenvalue weighted by atomic mass is 32.2. The van der Waals surface area contributed by atoms with Crippen LogP contribution in [-0.2, 0) is 27.8 Å². The fourth-order valence-electron chi connectivity index (χ4n) is 3.11.